The average molecular weight is 455 g/mol. The number of aromatic nitrogens is 3. The molecule has 4 aromatic rings. The molecule has 0 aliphatic heterocycles. The van der Waals surface area contributed by atoms with Gasteiger partial charge in [0, 0.05) is 30.0 Å². The first kappa shape index (κ1) is 21.1. The molecule has 1 N–H and O–H groups in total. The lowest BCUT2D eigenvalue weighted by atomic mass is 10.3. The minimum absolute atomic E-state index is 0.212. The van der Waals surface area contributed by atoms with Crippen molar-refractivity contribution in [1.29, 1.82) is 0 Å². The minimum atomic E-state index is -0.320. The molecule has 2 heterocycles. The summed E-state index contributed by atoms with van der Waals surface area (Å²) in [5, 5.41) is 4.48. The number of anilines is 1. The number of hydrogen-bond acceptors (Lipinski definition) is 6. The summed E-state index contributed by atoms with van der Waals surface area (Å²) in [5.74, 6) is 0.0101. The third-order valence-corrected chi connectivity index (χ3v) is 6.53. The Balaban J connectivity index is 1.37. The smallest absolute Gasteiger partial charge is 0.267 e. The van der Waals surface area contributed by atoms with Crippen molar-refractivity contribution in [3.05, 3.63) is 82.3 Å². The lowest BCUT2D eigenvalue weighted by Crippen LogP contribution is -2.11. The molecule has 0 aliphatic carbocycles. The van der Waals surface area contributed by atoms with E-state index in [9.17, 15) is 9.18 Å². The number of carbonyl (C=O) groups is 1. The Bertz CT molecular complexity index is 1190. The number of imidazole rings is 1. The second-order valence-corrected chi connectivity index (χ2v) is 8.79. The van der Waals surface area contributed by atoms with Gasteiger partial charge in [0.05, 0.1) is 5.69 Å². The fourth-order valence-electron chi connectivity index (χ4n) is 2.75. The number of thiazole rings is 1. The zero-order chi connectivity index (χ0) is 21.8. The van der Waals surface area contributed by atoms with Crippen molar-refractivity contribution in [1.82, 2.24) is 14.5 Å². The molecule has 0 saturated carbocycles. The first-order valence-corrected chi connectivity index (χ1v) is 11.0. The summed E-state index contributed by atoms with van der Waals surface area (Å²) in [6.45, 7) is 2.00. The number of aryl methyl sites for hydroxylation is 2. The van der Waals surface area contributed by atoms with Crippen molar-refractivity contribution in [2.24, 2.45) is 7.05 Å². The van der Waals surface area contributed by atoms with Crippen LogP contribution in [0.3, 0.4) is 0 Å². The third-order valence-electron chi connectivity index (χ3n) is 4.32. The van der Waals surface area contributed by atoms with Crippen LogP contribution in [0.4, 0.5) is 10.1 Å². The normalized spacial score (nSPS) is 10.8. The number of nitrogens with one attached hydrogen (secondary N) is 1. The Kier molecular flexibility index (Phi) is 6.34. The molecule has 0 atom stereocenters. The lowest BCUT2D eigenvalue weighted by molar-refractivity contribution is 0.103. The number of nitrogens with zero attached hydrogens (tertiary/aromatic N) is 3. The van der Waals surface area contributed by atoms with Gasteiger partial charge in [-0.05, 0) is 55.5 Å². The molecule has 0 fully saturated rings. The van der Waals surface area contributed by atoms with E-state index in [2.05, 4.69) is 15.3 Å². The Morgan fingerprint density at radius 1 is 1.19 bits per heavy atom. The maximum absolute atomic E-state index is 13.0. The van der Waals surface area contributed by atoms with Crippen LogP contribution in [0.15, 0.2) is 71.0 Å². The van der Waals surface area contributed by atoms with E-state index in [0.29, 0.717) is 27.0 Å². The topological polar surface area (TPSA) is 69.0 Å². The van der Waals surface area contributed by atoms with Gasteiger partial charge in [0.15, 0.2) is 5.16 Å². The third kappa shape index (κ3) is 5.31. The summed E-state index contributed by atoms with van der Waals surface area (Å²) in [7, 11) is 1.94. The van der Waals surface area contributed by atoms with Gasteiger partial charge in [-0.2, -0.15) is 0 Å². The number of benzene rings is 2. The van der Waals surface area contributed by atoms with Gasteiger partial charge < -0.3 is 14.6 Å². The van der Waals surface area contributed by atoms with Gasteiger partial charge in [-0.15, -0.1) is 11.3 Å². The lowest BCUT2D eigenvalue weighted by Gasteiger charge is -2.06. The van der Waals surface area contributed by atoms with E-state index < -0.39 is 0 Å². The van der Waals surface area contributed by atoms with E-state index in [4.69, 9.17) is 4.74 Å². The van der Waals surface area contributed by atoms with E-state index in [0.717, 1.165) is 10.1 Å². The summed E-state index contributed by atoms with van der Waals surface area (Å²) in [6, 6.07) is 13.4. The molecule has 0 aliphatic rings. The molecule has 0 saturated heterocycles. The quantitative estimate of drug-likeness (QED) is 0.410. The van der Waals surface area contributed by atoms with Gasteiger partial charge in [-0.1, -0.05) is 11.8 Å². The van der Waals surface area contributed by atoms with Crippen molar-refractivity contribution in [2.45, 2.75) is 23.6 Å². The van der Waals surface area contributed by atoms with E-state index in [1.807, 2.05) is 42.1 Å². The molecule has 0 spiro atoms. The van der Waals surface area contributed by atoms with Crippen LogP contribution in [0, 0.1) is 12.7 Å². The van der Waals surface area contributed by atoms with Crippen LogP contribution in [0.2, 0.25) is 0 Å². The standard InChI is InChI=1S/C22H19FN4O2S2/c1-14-20(31-19(25-14)13-29-17-7-3-15(23)4-8-17)21(28)26-16-5-9-18(10-6-16)30-22-24-11-12-27(22)2/h3-12H,13H2,1-2H3,(H,26,28). The van der Waals surface area contributed by atoms with E-state index >= 15 is 0 Å². The largest absolute Gasteiger partial charge is 0.486 e. The van der Waals surface area contributed by atoms with Crippen molar-refractivity contribution in [2.75, 3.05) is 5.32 Å². The monoisotopic (exact) mass is 454 g/mol. The summed E-state index contributed by atoms with van der Waals surface area (Å²) in [4.78, 5) is 23.0. The Labute approximate surface area is 187 Å². The molecule has 9 heteroatoms. The Hall–Kier alpha value is -3.17. The Morgan fingerprint density at radius 3 is 2.61 bits per heavy atom. The highest BCUT2D eigenvalue weighted by atomic mass is 32.2. The molecule has 0 bridgehead atoms. The van der Waals surface area contributed by atoms with Crippen molar-refractivity contribution >= 4 is 34.7 Å². The van der Waals surface area contributed by atoms with Gasteiger partial charge in [-0.25, -0.2) is 14.4 Å². The second-order valence-electron chi connectivity index (χ2n) is 6.67. The molecule has 1 amide bonds. The van der Waals surface area contributed by atoms with Crippen LogP contribution in [0.5, 0.6) is 5.75 Å². The number of hydrogen-bond donors (Lipinski definition) is 1. The molecule has 6 nitrogen and oxygen atoms in total. The fourth-order valence-corrected chi connectivity index (χ4v) is 4.42. The van der Waals surface area contributed by atoms with Gasteiger partial charge >= 0.3 is 0 Å². The molecule has 31 heavy (non-hydrogen) atoms. The molecule has 0 radical (unpaired) electrons. The molecule has 2 aromatic heterocycles. The SMILES string of the molecule is Cc1nc(COc2ccc(F)cc2)sc1C(=O)Nc1ccc(Sc2nccn2C)cc1. The van der Waals surface area contributed by atoms with Gasteiger partial charge in [-0.3, -0.25) is 4.79 Å². The number of rotatable bonds is 7. The average Bonchev–Trinajstić information content (AvgIpc) is 3.34. The molecule has 2 aromatic carbocycles. The molecule has 158 valence electrons. The van der Waals surface area contributed by atoms with Crippen molar-refractivity contribution in [3.8, 4) is 5.75 Å². The zero-order valence-electron chi connectivity index (χ0n) is 16.8. The number of amides is 1. The zero-order valence-corrected chi connectivity index (χ0v) is 18.5. The summed E-state index contributed by atoms with van der Waals surface area (Å²) >= 11 is 2.83. The van der Waals surface area contributed by atoms with Crippen molar-refractivity contribution in [3.63, 3.8) is 0 Å². The summed E-state index contributed by atoms with van der Waals surface area (Å²) in [6.07, 6.45) is 3.65. The predicted octanol–water partition coefficient (Wildman–Crippen LogP) is 5.31. The Morgan fingerprint density at radius 2 is 1.94 bits per heavy atom. The highest BCUT2D eigenvalue weighted by molar-refractivity contribution is 7.99. The molecule has 4 rings (SSSR count). The molecule has 0 unspecified atom stereocenters. The van der Waals surface area contributed by atoms with Crippen LogP contribution < -0.4 is 10.1 Å². The van der Waals surface area contributed by atoms with Crippen LogP contribution in [0.25, 0.3) is 0 Å². The van der Waals surface area contributed by atoms with Crippen molar-refractivity contribution < 1.29 is 13.9 Å². The van der Waals surface area contributed by atoms with Gasteiger partial charge in [0.2, 0.25) is 0 Å². The van der Waals surface area contributed by atoms with E-state index in [1.165, 1.54) is 23.5 Å². The predicted molar refractivity (Wildman–Crippen MR) is 119 cm³/mol. The van der Waals surface area contributed by atoms with Crippen LogP contribution in [-0.2, 0) is 13.7 Å². The maximum atomic E-state index is 13.0. The second kappa shape index (κ2) is 9.32. The molecular formula is C22H19FN4O2S2. The van der Waals surface area contributed by atoms with Gasteiger partial charge in [0.1, 0.15) is 28.1 Å². The van der Waals surface area contributed by atoms with Crippen LogP contribution in [0.1, 0.15) is 20.4 Å². The maximum Gasteiger partial charge on any atom is 0.267 e. The minimum Gasteiger partial charge on any atom is -0.486 e. The van der Waals surface area contributed by atoms with Crippen LogP contribution in [-0.4, -0.2) is 20.4 Å². The van der Waals surface area contributed by atoms with E-state index in [1.54, 1.807) is 37.0 Å². The molecular weight excluding hydrogens is 435 g/mol. The summed E-state index contributed by atoms with van der Waals surface area (Å²) < 4.78 is 20.5. The van der Waals surface area contributed by atoms with Gasteiger partial charge in [0.25, 0.3) is 5.91 Å². The number of carbonyl (C=O) groups excluding carboxylic acids is 1. The highest BCUT2D eigenvalue weighted by Gasteiger charge is 2.16. The first-order valence-electron chi connectivity index (χ1n) is 9.39. The van der Waals surface area contributed by atoms with E-state index in [-0.39, 0.29) is 18.3 Å². The highest BCUT2D eigenvalue weighted by Crippen LogP contribution is 2.27. The number of halogens is 1. The summed E-state index contributed by atoms with van der Waals surface area (Å²) in [5.41, 5.74) is 1.34. The van der Waals surface area contributed by atoms with Crippen LogP contribution >= 0.6 is 23.1 Å². The first-order chi connectivity index (χ1) is 15.0. The fraction of sp³-hybridized carbons (Fsp3) is 0.136. The number of ether oxygens (including phenoxy) is 1.